The summed E-state index contributed by atoms with van der Waals surface area (Å²) in [6.45, 7) is 0.291. The number of aryl methyl sites for hydroxylation is 1. The third kappa shape index (κ3) is 2.73. The highest BCUT2D eigenvalue weighted by atomic mass is 15.3. The van der Waals surface area contributed by atoms with E-state index in [2.05, 4.69) is 20.1 Å². The van der Waals surface area contributed by atoms with Crippen LogP contribution in [0.1, 0.15) is 5.82 Å². The number of aromatic nitrogens is 3. The van der Waals surface area contributed by atoms with Crippen LogP contribution in [-0.4, -0.2) is 26.7 Å². The van der Waals surface area contributed by atoms with Gasteiger partial charge in [0.15, 0.2) is 5.96 Å². The molecule has 0 atom stereocenters. The highest BCUT2D eigenvalue weighted by Crippen LogP contribution is 1.92. The molecule has 0 unspecified atom stereocenters. The fourth-order valence-electron chi connectivity index (χ4n) is 0.783. The van der Waals surface area contributed by atoms with Gasteiger partial charge in [-0.2, -0.15) is 10.1 Å². The Labute approximate surface area is 80.5 Å². The molecule has 1 heterocycles. The Hall–Kier alpha value is -2.12. The van der Waals surface area contributed by atoms with Crippen molar-refractivity contribution < 1.29 is 0 Å². The molecule has 0 bridgehead atoms. The highest BCUT2D eigenvalue weighted by molar-refractivity contribution is 5.92. The summed E-state index contributed by atoms with van der Waals surface area (Å²) >= 11 is 0. The van der Waals surface area contributed by atoms with Crippen molar-refractivity contribution in [1.29, 1.82) is 0 Å². The number of hydrogen-bond donors (Lipinski definition) is 3. The molecule has 8 nitrogen and oxygen atoms in total. The van der Waals surface area contributed by atoms with E-state index in [1.165, 1.54) is 6.33 Å². The van der Waals surface area contributed by atoms with Crippen molar-refractivity contribution in [3.05, 3.63) is 12.2 Å². The fourth-order valence-corrected chi connectivity index (χ4v) is 0.783. The molecule has 6 N–H and O–H groups in total. The molecule has 0 saturated carbocycles. The molecule has 0 fully saturated rings. The maximum Gasteiger partial charge on any atom is 0.218 e. The van der Waals surface area contributed by atoms with Crippen molar-refractivity contribution in [3.63, 3.8) is 0 Å². The van der Waals surface area contributed by atoms with Crippen molar-refractivity contribution in [2.24, 2.45) is 34.2 Å². The molecule has 1 aromatic rings. The monoisotopic (exact) mass is 196 g/mol. The van der Waals surface area contributed by atoms with Crippen LogP contribution < -0.4 is 17.2 Å². The number of nitrogens with zero attached hydrogens (tertiary/aromatic N) is 5. The van der Waals surface area contributed by atoms with Crippen LogP contribution in [0, 0.1) is 0 Å². The normalized spacial score (nSPS) is 11.4. The van der Waals surface area contributed by atoms with Gasteiger partial charge >= 0.3 is 0 Å². The van der Waals surface area contributed by atoms with Gasteiger partial charge in [-0.1, -0.05) is 0 Å². The lowest BCUT2D eigenvalue weighted by Gasteiger charge is -1.96. The second-order valence-corrected chi connectivity index (χ2v) is 2.51. The van der Waals surface area contributed by atoms with Crippen LogP contribution in [0.15, 0.2) is 16.3 Å². The standard InChI is InChI=1S/C6H12N8/c1-14-4(11-3-12-14)2-10-6(9)13-5(7)8/h3H,2H2,1H3,(H6,7,8,9,10,13). The van der Waals surface area contributed by atoms with Gasteiger partial charge in [-0.05, 0) is 0 Å². The van der Waals surface area contributed by atoms with Crippen LogP contribution in [-0.2, 0) is 13.6 Å². The average Bonchev–Trinajstić information content (AvgIpc) is 2.46. The second-order valence-electron chi connectivity index (χ2n) is 2.51. The predicted molar refractivity (Wildman–Crippen MR) is 52.1 cm³/mol. The van der Waals surface area contributed by atoms with Crippen molar-refractivity contribution in [2.75, 3.05) is 0 Å². The SMILES string of the molecule is Cn1ncnc1CN=C(N)N=C(N)N. The van der Waals surface area contributed by atoms with E-state index in [4.69, 9.17) is 17.2 Å². The predicted octanol–water partition coefficient (Wildman–Crippen LogP) is -2.10. The maximum absolute atomic E-state index is 5.39. The average molecular weight is 196 g/mol. The Bertz CT molecular complexity index is 358. The topological polar surface area (TPSA) is 133 Å². The molecule has 0 saturated heterocycles. The first kappa shape index (κ1) is 9.96. The van der Waals surface area contributed by atoms with Gasteiger partial charge in [-0.3, -0.25) is 4.68 Å². The molecule has 0 aliphatic carbocycles. The van der Waals surface area contributed by atoms with Crippen LogP contribution in [0.2, 0.25) is 0 Å². The third-order valence-electron chi connectivity index (χ3n) is 1.43. The minimum atomic E-state index is -0.121. The Balaban J connectivity index is 2.64. The van der Waals surface area contributed by atoms with Gasteiger partial charge in [0.05, 0.1) is 0 Å². The first-order chi connectivity index (χ1) is 6.59. The van der Waals surface area contributed by atoms with E-state index in [9.17, 15) is 0 Å². The molecule has 0 aromatic carbocycles. The summed E-state index contributed by atoms with van der Waals surface area (Å²) in [6.07, 6.45) is 1.43. The summed E-state index contributed by atoms with van der Waals surface area (Å²) in [6, 6.07) is 0. The molecule has 14 heavy (non-hydrogen) atoms. The quantitative estimate of drug-likeness (QED) is 0.368. The fraction of sp³-hybridized carbons (Fsp3) is 0.333. The number of rotatable bonds is 2. The molecule has 1 aromatic heterocycles. The molecule has 76 valence electrons. The van der Waals surface area contributed by atoms with E-state index < -0.39 is 0 Å². The Morgan fingerprint density at radius 2 is 2.21 bits per heavy atom. The molecule has 0 radical (unpaired) electrons. The lowest BCUT2D eigenvalue weighted by atomic mass is 10.6. The van der Waals surface area contributed by atoms with Gasteiger partial charge in [0.25, 0.3) is 0 Å². The van der Waals surface area contributed by atoms with Crippen LogP contribution in [0.25, 0.3) is 0 Å². The Morgan fingerprint density at radius 3 is 2.71 bits per heavy atom. The zero-order valence-electron chi connectivity index (χ0n) is 7.75. The zero-order chi connectivity index (χ0) is 10.6. The van der Waals surface area contributed by atoms with Gasteiger partial charge in [-0.15, -0.1) is 0 Å². The number of guanidine groups is 2. The number of aliphatic imine (C=N–C) groups is 2. The van der Waals surface area contributed by atoms with Gasteiger partial charge in [-0.25, -0.2) is 9.98 Å². The molecule has 0 aliphatic rings. The van der Waals surface area contributed by atoms with E-state index in [0.29, 0.717) is 12.4 Å². The lowest BCUT2D eigenvalue weighted by Crippen LogP contribution is -2.26. The van der Waals surface area contributed by atoms with Gasteiger partial charge in [0.1, 0.15) is 18.7 Å². The first-order valence-corrected chi connectivity index (χ1v) is 3.82. The number of nitrogens with two attached hydrogens (primary N) is 3. The third-order valence-corrected chi connectivity index (χ3v) is 1.43. The molecule has 1 rings (SSSR count). The van der Waals surface area contributed by atoms with Crippen molar-refractivity contribution in [1.82, 2.24) is 14.8 Å². The minimum Gasteiger partial charge on any atom is -0.370 e. The lowest BCUT2D eigenvalue weighted by molar-refractivity contribution is 0.702. The molecular weight excluding hydrogens is 184 g/mol. The Morgan fingerprint density at radius 1 is 1.50 bits per heavy atom. The highest BCUT2D eigenvalue weighted by Gasteiger charge is 1.98. The summed E-state index contributed by atoms with van der Waals surface area (Å²) < 4.78 is 1.59. The maximum atomic E-state index is 5.39. The summed E-state index contributed by atoms with van der Waals surface area (Å²) in [7, 11) is 1.76. The van der Waals surface area contributed by atoms with E-state index in [0.717, 1.165) is 0 Å². The first-order valence-electron chi connectivity index (χ1n) is 3.82. The van der Waals surface area contributed by atoms with Crippen molar-refractivity contribution >= 4 is 11.9 Å². The van der Waals surface area contributed by atoms with Crippen LogP contribution >= 0.6 is 0 Å². The van der Waals surface area contributed by atoms with Gasteiger partial charge in [0, 0.05) is 7.05 Å². The van der Waals surface area contributed by atoms with Crippen LogP contribution in [0.4, 0.5) is 0 Å². The van der Waals surface area contributed by atoms with E-state index >= 15 is 0 Å². The smallest absolute Gasteiger partial charge is 0.218 e. The van der Waals surface area contributed by atoms with Crippen LogP contribution in [0.3, 0.4) is 0 Å². The molecule has 0 aliphatic heterocycles. The summed E-state index contributed by atoms with van der Waals surface area (Å²) in [4.78, 5) is 11.4. The molecule has 8 heteroatoms. The van der Waals surface area contributed by atoms with E-state index in [-0.39, 0.29) is 11.9 Å². The summed E-state index contributed by atoms with van der Waals surface area (Å²) in [5.74, 6) is 0.580. The minimum absolute atomic E-state index is 0.0213. The van der Waals surface area contributed by atoms with Crippen LogP contribution in [0.5, 0.6) is 0 Å². The molecule has 0 amide bonds. The van der Waals surface area contributed by atoms with Crippen molar-refractivity contribution in [2.45, 2.75) is 6.54 Å². The molecule has 0 spiro atoms. The summed E-state index contributed by atoms with van der Waals surface area (Å²) in [5.41, 5.74) is 15.6. The Kier molecular flexibility index (Phi) is 3.00. The van der Waals surface area contributed by atoms with E-state index in [1.807, 2.05) is 0 Å². The number of hydrogen-bond acceptors (Lipinski definition) is 3. The zero-order valence-corrected chi connectivity index (χ0v) is 7.75. The second kappa shape index (κ2) is 4.21. The van der Waals surface area contributed by atoms with Crippen molar-refractivity contribution in [3.8, 4) is 0 Å². The molecular formula is C6H12N8. The van der Waals surface area contributed by atoms with Gasteiger partial charge < -0.3 is 17.2 Å². The van der Waals surface area contributed by atoms with Gasteiger partial charge in [0.2, 0.25) is 5.96 Å². The van der Waals surface area contributed by atoms with E-state index in [1.54, 1.807) is 11.7 Å². The summed E-state index contributed by atoms with van der Waals surface area (Å²) in [5, 5.41) is 3.87. The largest absolute Gasteiger partial charge is 0.370 e.